The van der Waals surface area contributed by atoms with Crippen LogP contribution in [0.15, 0.2) is 48.5 Å². The Labute approximate surface area is 194 Å². The molecule has 172 valence electrons. The van der Waals surface area contributed by atoms with Gasteiger partial charge in [0.05, 0.1) is 12.1 Å². The largest absolute Gasteiger partial charge is 0.497 e. The van der Waals surface area contributed by atoms with Gasteiger partial charge in [0.25, 0.3) is 5.91 Å². The molecule has 1 saturated carbocycles. The lowest BCUT2D eigenvalue weighted by Crippen LogP contribution is -2.51. The monoisotopic (exact) mass is 458 g/mol. The summed E-state index contributed by atoms with van der Waals surface area (Å²) in [7, 11) is 1.60. The molecule has 0 heterocycles. The van der Waals surface area contributed by atoms with Gasteiger partial charge in [-0.05, 0) is 49.6 Å². The second-order valence-electron chi connectivity index (χ2n) is 8.11. The molecular formula is C25H31ClN2O4. The van der Waals surface area contributed by atoms with E-state index in [0.717, 1.165) is 31.2 Å². The third-order valence-electron chi connectivity index (χ3n) is 5.79. The lowest BCUT2D eigenvalue weighted by molar-refractivity contribution is -0.142. The van der Waals surface area contributed by atoms with Crippen LogP contribution in [0.5, 0.6) is 11.5 Å². The topological polar surface area (TPSA) is 67.9 Å². The SMILES string of the molecule is COc1cccc(CN(C(=O)COc2ccccc2Cl)C(C)C(=O)NC2CCCCC2)c1. The van der Waals surface area contributed by atoms with Gasteiger partial charge in [-0.3, -0.25) is 9.59 Å². The van der Waals surface area contributed by atoms with Crippen molar-refractivity contribution in [3.63, 3.8) is 0 Å². The Bertz CT molecular complexity index is 914. The van der Waals surface area contributed by atoms with Crippen LogP contribution in [0.4, 0.5) is 0 Å². The van der Waals surface area contributed by atoms with Crippen LogP contribution in [0.3, 0.4) is 0 Å². The molecule has 1 aliphatic rings. The molecule has 6 nitrogen and oxygen atoms in total. The number of carbonyl (C=O) groups excluding carboxylic acids is 2. The number of para-hydroxylation sites is 1. The van der Waals surface area contributed by atoms with Gasteiger partial charge in [0.1, 0.15) is 17.5 Å². The molecule has 0 bridgehead atoms. The van der Waals surface area contributed by atoms with Crippen LogP contribution >= 0.6 is 11.6 Å². The molecule has 3 rings (SSSR count). The highest BCUT2D eigenvalue weighted by Crippen LogP contribution is 2.24. The Morgan fingerprint density at radius 2 is 1.88 bits per heavy atom. The van der Waals surface area contributed by atoms with E-state index >= 15 is 0 Å². The first kappa shape index (κ1) is 23.9. The Hall–Kier alpha value is -2.73. The Morgan fingerprint density at radius 3 is 2.59 bits per heavy atom. The van der Waals surface area contributed by atoms with Gasteiger partial charge in [-0.1, -0.05) is 55.1 Å². The van der Waals surface area contributed by atoms with E-state index in [2.05, 4.69) is 5.32 Å². The van der Waals surface area contributed by atoms with Crippen LogP contribution in [0, 0.1) is 0 Å². The van der Waals surface area contributed by atoms with Crippen LogP contribution < -0.4 is 14.8 Å². The summed E-state index contributed by atoms with van der Waals surface area (Å²) < 4.78 is 11.0. The fraction of sp³-hybridized carbons (Fsp3) is 0.440. The predicted molar refractivity (Wildman–Crippen MR) is 125 cm³/mol. The van der Waals surface area contributed by atoms with Crippen LogP contribution in [0.25, 0.3) is 0 Å². The first-order valence-corrected chi connectivity index (χ1v) is 11.5. The van der Waals surface area contributed by atoms with Crippen molar-refractivity contribution in [2.45, 2.75) is 57.7 Å². The van der Waals surface area contributed by atoms with Crippen molar-refractivity contribution in [1.82, 2.24) is 10.2 Å². The molecular weight excluding hydrogens is 428 g/mol. The lowest BCUT2D eigenvalue weighted by atomic mass is 9.95. The van der Waals surface area contributed by atoms with Gasteiger partial charge in [0, 0.05) is 12.6 Å². The third kappa shape index (κ3) is 6.63. The van der Waals surface area contributed by atoms with Crippen molar-refractivity contribution in [2.24, 2.45) is 0 Å². The zero-order valence-corrected chi connectivity index (χ0v) is 19.4. The van der Waals surface area contributed by atoms with Crippen molar-refractivity contribution in [2.75, 3.05) is 13.7 Å². The summed E-state index contributed by atoms with van der Waals surface area (Å²) in [4.78, 5) is 27.7. The molecule has 1 N–H and O–H groups in total. The third-order valence-corrected chi connectivity index (χ3v) is 6.11. The summed E-state index contributed by atoms with van der Waals surface area (Å²) in [5, 5.41) is 3.56. The smallest absolute Gasteiger partial charge is 0.261 e. The molecule has 0 radical (unpaired) electrons. The molecule has 1 fully saturated rings. The van der Waals surface area contributed by atoms with E-state index < -0.39 is 6.04 Å². The van der Waals surface area contributed by atoms with E-state index in [1.807, 2.05) is 24.3 Å². The minimum Gasteiger partial charge on any atom is -0.497 e. The highest BCUT2D eigenvalue weighted by molar-refractivity contribution is 6.32. The first-order chi connectivity index (χ1) is 15.5. The van der Waals surface area contributed by atoms with Crippen LogP contribution in [-0.2, 0) is 16.1 Å². The van der Waals surface area contributed by atoms with Crippen LogP contribution in [0.2, 0.25) is 5.02 Å². The number of methoxy groups -OCH3 is 1. The Balaban J connectivity index is 1.73. The lowest BCUT2D eigenvalue weighted by Gasteiger charge is -2.31. The highest BCUT2D eigenvalue weighted by Gasteiger charge is 2.28. The first-order valence-electron chi connectivity index (χ1n) is 11.1. The number of nitrogens with one attached hydrogen (secondary N) is 1. The summed E-state index contributed by atoms with van der Waals surface area (Å²) in [6.45, 7) is 1.81. The number of hydrogen-bond donors (Lipinski definition) is 1. The molecule has 0 aliphatic heterocycles. The Kier molecular flexibility index (Phi) is 8.80. The predicted octanol–water partition coefficient (Wildman–Crippen LogP) is 4.59. The zero-order valence-electron chi connectivity index (χ0n) is 18.7. The van der Waals surface area contributed by atoms with Crippen molar-refractivity contribution in [3.05, 3.63) is 59.1 Å². The summed E-state index contributed by atoms with van der Waals surface area (Å²) in [5.41, 5.74) is 0.868. The minimum atomic E-state index is -0.648. The van der Waals surface area contributed by atoms with Gasteiger partial charge < -0.3 is 19.7 Å². The standard InChI is InChI=1S/C25H31ClN2O4/c1-18(25(30)27-20-10-4-3-5-11-20)28(16-19-9-8-12-21(15-19)31-2)24(29)17-32-23-14-7-6-13-22(23)26/h6-9,12-15,18,20H,3-5,10-11,16-17H2,1-2H3,(H,27,30). The van der Waals surface area contributed by atoms with E-state index in [0.29, 0.717) is 16.5 Å². The molecule has 32 heavy (non-hydrogen) atoms. The van der Waals surface area contributed by atoms with Crippen LogP contribution in [-0.4, -0.2) is 42.5 Å². The van der Waals surface area contributed by atoms with Gasteiger partial charge in [0.2, 0.25) is 5.91 Å². The fourth-order valence-electron chi connectivity index (χ4n) is 3.90. The molecule has 0 aromatic heterocycles. The minimum absolute atomic E-state index is 0.147. The molecule has 7 heteroatoms. The number of ether oxygens (including phenoxy) is 2. The quantitative estimate of drug-likeness (QED) is 0.596. The number of benzene rings is 2. The molecule has 2 amide bonds. The normalized spacial score (nSPS) is 15.0. The average Bonchev–Trinajstić information content (AvgIpc) is 2.82. The Morgan fingerprint density at radius 1 is 1.12 bits per heavy atom. The van der Waals surface area contributed by atoms with E-state index in [-0.39, 0.29) is 31.0 Å². The fourth-order valence-corrected chi connectivity index (χ4v) is 4.09. The van der Waals surface area contributed by atoms with E-state index in [4.69, 9.17) is 21.1 Å². The van der Waals surface area contributed by atoms with Gasteiger partial charge in [-0.25, -0.2) is 0 Å². The molecule has 1 aliphatic carbocycles. The molecule has 0 spiro atoms. The molecule has 1 atom stereocenters. The van der Waals surface area contributed by atoms with Crippen LogP contribution in [0.1, 0.15) is 44.6 Å². The summed E-state index contributed by atoms with van der Waals surface area (Å²) in [6, 6.07) is 14.0. The highest BCUT2D eigenvalue weighted by atomic mass is 35.5. The maximum absolute atomic E-state index is 13.2. The number of hydrogen-bond acceptors (Lipinski definition) is 4. The van der Waals surface area contributed by atoms with Crippen molar-refractivity contribution in [1.29, 1.82) is 0 Å². The van der Waals surface area contributed by atoms with E-state index in [9.17, 15) is 9.59 Å². The summed E-state index contributed by atoms with van der Waals surface area (Å²) in [6.07, 6.45) is 5.42. The number of nitrogens with zero attached hydrogens (tertiary/aromatic N) is 1. The average molecular weight is 459 g/mol. The molecule has 2 aromatic rings. The van der Waals surface area contributed by atoms with Gasteiger partial charge in [-0.15, -0.1) is 0 Å². The maximum Gasteiger partial charge on any atom is 0.261 e. The number of carbonyl (C=O) groups is 2. The number of halogens is 1. The summed E-state index contributed by atoms with van der Waals surface area (Å²) in [5.74, 6) is 0.689. The second kappa shape index (κ2) is 11.8. The van der Waals surface area contributed by atoms with E-state index in [1.54, 1.807) is 43.2 Å². The number of rotatable bonds is 9. The summed E-state index contributed by atoms with van der Waals surface area (Å²) >= 11 is 6.14. The van der Waals surface area contributed by atoms with Crippen molar-refractivity contribution < 1.29 is 19.1 Å². The van der Waals surface area contributed by atoms with Gasteiger partial charge >= 0.3 is 0 Å². The second-order valence-corrected chi connectivity index (χ2v) is 8.52. The maximum atomic E-state index is 13.2. The zero-order chi connectivity index (χ0) is 22.9. The van der Waals surface area contributed by atoms with Gasteiger partial charge in [0.15, 0.2) is 6.61 Å². The molecule has 1 unspecified atom stereocenters. The van der Waals surface area contributed by atoms with Crippen molar-refractivity contribution in [3.8, 4) is 11.5 Å². The molecule has 2 aromatic carbocycles. The number of amides is 2. The van der Waals surface area contributed by atoms with E-state index in [1.165, 1.54) is 6.42 Å². The van der Waals surface area contributed by atoms with Crippen molar-refractivity contribution >= 4 is 23.4 Å². The van der Waals surface area contributed by atoms with Gasteiger partial charge in [-0.2, -0.15) is 0 Å². The molecule has 0 saturated heterocycles.